The second kappa shape index (κ2) is 5.60. The summed E-state index contributed by atoms with van der Waals surface area (Å²) in [5.41, 5.74) is 2.56. The van der Waals surface area contributed by atoms with Crippen LogP contribution in [0.15, 0.2) is 48.5 Å². The molecule has 21 heavy (non-hydrogen) atoms. The second-order valence-corrected chi connectivity index (χ2v) is 5.08. The Labute approximate surface area is 126 Å². The minimum atomic E-state index is -0.244. The van der Waals surface area contributed by atoms with E-state index in [1.54, 1.807) is 24.3 Å². The molecule has 0 unspecified atom stereocenters. The number of benzene rings is 2. The van der Waals surface area contributed by atoms with E-state index in [0.717, 1.165) is 10.9 Å². The van der Waals surface area contributed by atoms with Crippen LogP contribution in [0.25, 0.3) is 10.9 Å². The average molecular weight is 301 g/mol. The number of hydrogen-bond donors (Lipinski definition) is 3. The number of rotatable bonds is 3. The number of hydrogen-bond acceptors (Lipinski definition) is 2. The Balaban J connectivity index is 1.97. The predicted molar refractivity (Wildman–Crippen MR) is 83.6 cm³/mol. The number of fused-ring (bicyclic) bond motifs is 1. The number of aliphatic hydroxyl groups excluding tert-OH is 1. The van der Waals surface area contributed by atoms with Gasteiger partial charge in [-0.2, -0.15) is 0 Å². The van der Waals surface area contributed by atoms with Crippen molar-refractivity contribution in [3.05, 3.63) is 64.8 Å². The summed E-state index contributed by atoms with van der Waals surface area (Å²) in [6.45, 7) is -0.176. The van der Waals surface area contributed by atoms with E-state index in [0.29, 0.717) is 22.0 Å². The van der Waals surface area contributed by atoms with E-state index in [-0.39, 0.29) is 12.5 Å². The fraction of sp³-hybridized carbons (Fsp3) is 0.0625. The van der Waals surface area contributed by atoms with Crippen molar-refractivity contribution >= 4 is 34.1 Å². The lowest BCUT2D eigenvalue weighted by Gasteiger charge is -2.06. The molecule has 0 radical (unpaired) electrons. The Morgan fingerprint density at radius 1 is 1.14 bits per heavy atom. The third kappa shape index (κ3) is 2.63. The minimum Gasteiger partial charge on any atom is -0.390 e. The molecular formula is C16H13ClN2O2. The van der Waals surface area contributed by atoms with Crippen molar-refractivity contribution in [2.45, 2.75) is 6.61 Å². The molecular weight excluding hydrogens is 288 g/mol. The van der Waals surface area contributed by atoms with Crippen molar-refractivity contribution in [2.75, 3.05) is 5.32 Å². The average Bonchev–Trinajstić information content (AvgIpc) is 2.86. The third-order valence-corrected chi connectivity index (χ3v) is 3.54. The van der Waals surface area contributed by atoms with Crippen LogP contribution >= 0.6 is 11.6 Å². The summed E-state index contributed by atoms with van der Waals surface area (Å²) >= 11 is 5.82. The zero-order valence-corrected chi connectivity index (χ0v) is 11.8. The number of carbonyl (C=O) groups is 1. The second-order valence-electron chi connectivity index (χ2n) is 4.64. The molecule has 3 N–H and O–H groups in total. The quantitative estimate of drug-likeness (QED) is 0.692. The lowest BCUT2D eigenvalue weighted by atomic mass is 10.2. The summed E-state index contributed by atoms with van der Waals surface area (Å²) in [7, 11) is 0. The Morgan fingerprint density at radius 3 is 2.57 bits per heavy atom. The van der Waals surface area contributed by atoms with Gasteiger partial charge in [0.25, 0.3) is 5.91 Å². The van der Waals surface area contributed by atoms with Gasteiger partial charge in [-0.05, 0) is 30.3 Å². The molecule has 0 aliphatic rings. The monoisotopic (exact) mass is 300 g/mol. The number of aromatic amines is 1. The van der Waals surface area contributed by atoms with Gasteiger partial charge < -0.3 is 15.4 Å². The molecule has 1 heterocycles. The molecule has 0 spiro atoms. The maximum atomic E-state index is 12.3. The van der Waals surface area contributed by atoms with Crippen LogP contribution in [0.3, 0.4) is 0 Å². The number of aromatic nitrogens is 1. The van der Waals surface area contributed by atoms with E-state index in [1.807, 2.05) is 24.3 Å². The van der Waals surface area contributed by atoms with Crippen LogP contribution in [0.4, 0.5) is 5.69 Å². The van der Waals surface area contributed by atoms with Crippen molar-refractivity contribution < 1.29 is 9.90 Å². The van der Waals surface area contributed by atoms with Crippen molar-refractivity contribution in [3.8, 4) is 0 Å². The molecule has 106 valence electrons. The van der Waals surface area contributed by atoms with Gasteiger partial charge in [0, 0.05) is 21.5 Å². The fourth-order valence-electron chi connectivity index (χ4n) is 2.25. The lowest BCUT2D eigenvalue weighted by molar-refractivity contribution is 0.102. The topological polar surface area (TPSA) is 65.1 Å². The van der Waals surface area contributed by atoms with E-state index in [2.05, 4.69) is 10.3 Å². The zero-order valence-electron chi connectivity index (χ0n) is 11.1. The summed E-state index contributed by atoms with van der Waals surface area (Å²) in [4.78, 5) is 15.4. The summed E-state index contributed by atoms with van der Waals surface area (Å²) in [6.07, 6.45) is 0. The van der Waals surface area contributed by atoms with Gasteiger partial charge in [0.15, 0.2) is 0 Å². The van der Waals surface area contributed by atoms with E-state index in [4.69, 9.17) is 11.6 Å². The Bertz CT molecular complexity index is 794. The van der Waals surface area contributed by atoms with E-state index >= 15 is 0 Å². The number of aliphatic hydroxyl groups is 1. The van der Waals surface area contributed by atoms with E-state index in [9.17, 15) is 9.90 Å². The molecule has 1 aromatic heterocycles. The van der Waals surface area contributed by atoms with Crippen molar-refractivity contribution in [1.82, 2.24) is 4.98 Å². The minimum absolute atomic E-state index is 0.176. The predicted octanol–water partition coefficient (Wildman–Crippen LogP) is 3.57. The maximum absolute atomic E-state index is 12.3. The molecule has 0 saturated carbocycles. The number of para-hydroxylation sites is 1. The number of nitrogens with one attached hydrogen (secondary N) is 2. The SMILES string of the molecule is O=C(Nc1c(CO)[nH]c2ccccc12)c1ccc(Cl)cc1. The molecule has 0 bridgehead atoms. The van der Waals surface area contributed by atoms with Gasteiger partial charge in [0.2, 0.25) is 0 Å². The first kappa shape index (κ1) is 13.7. The number of carbonyl (C=O) groups excluding carboxylic acids is 1. The van der Waals surface area contributed by atoms with Crippen LogP contribution in [-0.2, 0) is 6.61 Å². The molecule has 5 heteroatoms. The number of anilines is 1. The highest BCUT2D eigenvalue weighted by Gasteiger charge is 2.14. The molecule has 0 atom stereocenters. The molecule has 0 aliphatic carbocycles. The van der Waals surface area contributed by atoms with Crippen molar-refractivity contribution in [1.29, 1.82) is 0 Å². The number of amides is 1. The maximum Gasteiger partial charge on any atom is 0.255 e. The van der Waals surface area contributed by atoms with Gasteiger partial charge >= 0.3 is 0 Å². The van der Waals surface area contributed by atoms with E-state index in [1.165, 1.54) is 0 Å². The summed E-state index contributed by atoms with van der Waals surface area (Å²) in [5, 5.41) is 13.7. The van der Waals surface area contributed by atoms with Crippen LogP contribution < -0.4 is 5.32 Å². The highest BCUT2D eigenvalue weighted by atomic mass is 35.5. The van der Waals surface area contributed by atoms with Crippen LogP contribution in [0.2, 0.25) is 5.02 Å². The fourth-order valence-corrected chi connectivity index (χ4v) is 2.37. The molecule has 1 amide bonds. The third-order valence-electron chi connectivity index (χ3n) is 3.29. The first-order valence-corrected chi connectivity index (χ1v) is 6.84. The molecule has 0 saturated heterocycles. The van der Waals surface area contributed by atoms with Crippen LogP contribution in [-0.4, -0.2) is 16.0 Å². The van der Waals surface area contributed by atoms with Crippen LogP contribution in [0.5, 0.6) is 0 Å². The molecule has 3 rings (SSSR count). The largest absolute Gasteiger partial charge is 0.390 e. The highest BCUT2D eigenvalue weighted by molar-refractivity contribution is 6.30. The Hall–Kier alpha value is -2.30. The summed E-state index contributed by atoms with van der Waals surface area (Å²) in [5.74, 6) is -0.244. The van der Waals surface area contributed by atoms with Crippen molar-refractivity contribution in [3.63, 3.8) is 0 Å². The molecule has 2 aromatic carbocycles. The van der Waals surface area contributed by atoms with Crippen LogP contribution in [0, 0.1) is 0 Å². The van der Waals surface area contributed by atoms with Gasteiger partial charge in [-0.25, -0.2) is 0 Å². The molecule has 0 fully saturated rings. The van der Waals surface area contributed by atoms with E-state index < -0.39 is 0 Å². The van der Waals surface area contributed by atoms with Gasteiger partial charge in [-0.15, -0.1) is 0 Å². The summed E-state index contributed by atoms with van der Waals surface area (Å²) in [6, 6.07) is 14.2. The first-order valence-electron chi connectivity index (χ1n) is 6.46. The summed E-state index contributed by atoms with van der Waals surface area (Å²) < 4.78 is 0. The standard InChI is InChI=1S/C16H13ClN2O2/c17-11-7-5-10(6-8-11)16(21)19-15-12-3-1-2-4-13(12)18-14(15)9-20/h1-8,18,20H,9H2,(H,19,21). The Kier molecular flexibility index (Phi) is 3.64. The molecule has 4 nitrogen and oxygen atoms in total. The number of halogens is 1. The van der Waals surface area contributed by atoms with Gasteiger partial charge in [0.1, 0.15) is 0 Å². The lowest BCUT2D eigenvalue weighted by Crippen LogP contribution is -2.12. The highest BCUT2D eigenvalue weighted by Crippen LogP contribution is 2.28. The smallest absolute Gasteiger partial charge is 0.255 e. The van der Waals surface area contributed by atoms with Gasteiger partial charge in [-0.1, -0.05) is 29.8 Å². The normalized spacial score (nSPS) is 10.8. The van der Waals surface area contributed by atoms with Crippen LogP contribution in [0.1, 0.15) is 16.1 Å². The molecule has 0 aliphatic heterocycles. The van der Waals surface area contributed by atoms with Crippen molar-refractivity contribution in [2.24, 2.45) is 0 Å². The molecule has 3 aromatic rings. The zero-order chi connectivity index (χ0) is 14.8. The number of H-pyrrole nitrogens is 1. The van der Waals surface area contributed by atoms with Gasteiger partial charge in [-0.3, -0.25) is 4.79 Å². The Morgan fingerprint density at radius 2 is 1.86 bits per heavy atom. The van der Waals surface area contributed by atoms with Gasteiger partial charge in [0.05, 0.1) is 18.0 Å². The first-order chi connectivity index (χ1) is 10.2.